The summed E-state index contributed by atoms with van der Waals surface area (Å²) in [5.74, 6) is 0.243. The molecule has 0 bridgehead atoms. The highest BCUT2D eigenvalue weighted by atomic mass is 16.2. The SMILES string of the molecule is CN(CCNC(=O)C1CCN(C(=O)N2CCCC2)CC1)C1CCCCC1. The van der Waals surface area contributed by atoms with Crippen molar-refractivity contribution in [2.45, 2.75) is 63.8 Å². The molecule has 3 amide bonds. The Morgan fingerprint density at radius 1 is 0.885 bits per heavy atom. The number of likely N-dealkylation sites (tertiary alicyclic amines) is 2. The van der Waals surface area contributed by atoms with Crippen molar-refractivity contribution in [3.05, 3.63) is 0 Å². The Balaban J connectivity index is 1.32. The molecule has 0 aromatic carbocycles. The molecule has 6 nitrogen and oxygen atoms in total. The Bertz CT molecular complexity index is 464. The van der Waals surface area contributed by atoms with Crippen LogP contribution in [-0.2, 0) is 4.79 Å². The van der Waals surface area contributed by atoms with Crippen LogP contribution in [0.3, 0.4) is 0 Å². The number of likely N-dealkylation sites (N-methyl/N-ethyl adjacent to an activating group) is 1. The summed E-state index contributed by atoms with van der Waals surface area (Å²) in [6.45, 7) is 4.90. The first kappa shape index (κ1) is 19.5. The van der Waals surface area contributed by atoms with E-state index in [0.717, 1.165) is 65.0 Å². The molecule has 148 valence electrons. The topological polar surface area (TPSA) is 55.9 Å². The zero-order chi connectivity index (χ0) is 18.4. The fourth-order valence-corrected chi connectivity index (χ4v) is 4.65. The van der Waals surface area contributed by atoms with Crippen LogP contribution in [0.5, 0.6) is 0 Å². The second-order valence-electron chi connectivity index (χ2n) is 8.30. The van der Waals surface area contributed by atoms with Gasteiger partial charge in [0.2, 0.25) is 5.91 Å². The van der Waals surface area contributed by atoms with Crippen LogP contribution >= 0.6 is 0 Å². The first-order valence-corrected chi connectivity index (χ1v) is 10.7. The summed E-state index contributed by atoms with van der Waals surface area (Å²) in [7, 11) is 2.19. The third kappa shape index (κ3) is 5.12. The second-order valence-corrected chi connectivity index (χ2v) is 8.30. The number of piperidine rings is 1. The summed E-state index contributed by atoms with van der Waals surface area (Å²) < 4.78 is 0. The lowest BCUT2D eigenvalue weighted by Crippen LogP contribution is -2.48. The zero-order valence-corrected chi connectivity index (χ0v) is 16.4. The maximum absolute atomic E-state index is 12.4. The quantitative estimate of drug-likeness (QED) is 0.814. The minimum absolute atomic E-state index is 0.0672. The molecule has 0 unspecified atom stereocenters. The van der Waals surface area contributed by atoms with Gasteiger partial charge in [-0.3, -0.25) is 4.79 Å². The highest BCUT2D eigenvalue weighted by Crippen LogP contribution is 2.22. The van der Waals surface area contributed by atoms with Crippen LogP contribution < -0.4 is 5.32 Å². The molecule has 2 heterocycles. The minimum atomic E-state index is 0.0672. The van der Waals surface area contributed by atoms with E-state index in [4.69, 9.17) is 0 Å². The van der Waals surface area contributed by atoms with Crippen LogP contribution in [-0.4, -0.2) is 79.0 Å². The number of rotatable bonds is 5. The fourth-order valence-electron chi connectivity index (χ4n) is 4.65. The number of nitrogens with one attached hydrogen (secondary N) is 1. The maximum atomic E-state index is 12.4. The van der Waals surface area contributed by atoms with Crippen molar-refractivity contribution < 1.29 is 9.59 Å². The maximum Gasteiger partial charge on any atom is 0.319 e. The molecule has 0 aromatic rings. The molecule has 2 aliphatic heterocycles. The van der Waals surface area contributed by atoms with E-state index in [1.165, 1.54) is 32.1 Å². The monoisotopic (exact) mass is 364 g/mol. The molecule has 1 aliphatic carbocycles. The predicted octanol–water partition coefficient (Wildman–Crippen LogP) is 2.29. The highest BCUT2D eigenvalue weighted by molar-refractivity contribution is 5.79. The van der Waals surface area contributed by atoms with E-state index in [9.17, 15) is 9.59 Å². The Hall–Kier alpha value is -1.30. The molecule has 1 N–H and O–H groups in total. The number of urea groups is 1. The summed E-state index contributed by atoms with van der Waals surface area (Å²) in [5, 5.41) is 3.13. The molecule has 0 atom stereocenters. The smallest absolute Gasteiger partial charge is 0.319 e. The highest BCUT2D eigenvalue weighted by Gasteiger charge is 2.30. The lowest BCUT2D eigenvalue weighted by atomic mass is 9.94. The number of hydrogen-bond acceptors (Lipinski definition) is 3. The average Bonchev–Trinajstić information content (AvgIpc) is 3.23. The van der Waals surface area contributed by atoms with Gasteiger partial charge in [0, 0.05) is 51.2 Å². The summed E-state index contributed by atoms with van der Waals surface area (Å²) >= 11 is 0. The van der Waals surface area contributed by atoms with Crippen LogP contribution in [0.25, 0.3) is 0 Å². The first-order chi connectivity index (χ1) is 12.6. The van der Waals surface area contributed by atoms with E-state index in [2.05, 4.69) is 17.3 Å². The van der Waals surface area contributed by atoms with Crippen molar-refractivity contribution >= 4 is 11.9 Å². The lowest BCUT2D eigenvalue weighted by molar-refractivity contribution is -0.126. The molecule has 6 heteroatoms. The predicted molar refractivity (Wildman–Crippen MR) is 103 cm³/mol. The van der Waals surface area contributed by atoms with Crippen LogP contribution in [0.2, 0.25) is 0 Å². The number of carbonyl (C=O) groups excluding carboxylic acids is 2. The summed E-state index contributed by atoms with van der Waals surface area (Å²) in [6.07, 6.45) is 10.5. The molecule has 3 aliphatic rings. The van der Waals surface area contributed by atoms with Gasteiger partial charge in [-0.05, 0) is 45.6 Å². The molecule has 3 fully saturated rings. The summed E-state index contributed by atoms with van der Waals surface area (Å²) in [5.41, 5.74) is 0. The van der Waals surface area contributed by atoms with Gasteiger partial charge in [-0.15, -0.1) is 0 Å². The standard InChI is InChI=1S/C20H36N4O2/c1-22(18-7-3-2-4-8-18)16-11-21-19(25)17-9-14-24(15-10-17)20(26)23-12-5-6-13-23/h17-18H,2-16H2,1H3,(H,21,25). The van der Waals surface area contributed by atoms with Crippen LogP contribution in [0.15, 0.2) is 0 Å². The first-order valence-electron chi connectivity index (χ1n) is 10.7. The van der Waals surface area contributed by atoms with Gasteiger partial charge >= 0.3 is 6.03 Å². The molecule has 1 saturated carbocycles. The lowest BCUT2D eigenvalue weighted by Gasteiger charge is -2.34. The van der Waals surface area contributed by atoms with Crippen molar-refractivity contribution in [3.8, 4) is 0 Å². The zero-order valence-electron chi connectivity index (χ0n) is 16.4. The Morgan fingerprint density at radius 2 is 1.50 bits per heavy atom. The largest absolute Gasteiger partial charge is 0.355 e. The molecular formula is C20H36N4O2. The van der Waals surface area contributed by atoms with Crippen LogP contribution in [0.1, 0.15) is 57.8 Å². The molecule has 3 rings (SSSR count). The summed E-state index contributed by atoms with van der Waals surface area (Å²) in [4.78, 5) is 31.2. The van der Waals surface area contributed by atoms with Gasteiger partial charge in [0.15, 0.2) is 0 Å². The van der Waals surface area contributed by atoms with Gasteiger partial charge in [-0.1, -0.05) is 19.3 Å². The summed E-state index contributed by atoms with van der Waals surface area (Å²) in [6, 6.07) is 0.871. The Kier molecular flexibility index (Phi) is 7.17. The molecule has 2 saturated heterocycles. The van der Waals surface area contributed by atoms with E-state index >= 15 is 0 Å². The number of nitrogens with zero attached hydrogens (tertiary/aromatic N) is 3. The van der Waals surface area contributed by atoms with Gasteiger partial charge < -0.3 is 20.0 Å². The van der Waals surface area contributed by atoms with E-state index < -0.39 is 0 Å². The van der Waals surface area contributed by atoms with E-state index in [1.807, 2.05) is 9.80 Å². The van der Waals surface area contributed by atoms with Crippen molar-refractivity contribution in [1.82, 2.24) is 20.0 Å². The van der Waals surface area contributed by atoms with Crippen molar-refractivity contribution in [1.29, 1.82) is 0 Å². The van der Waals surface area contributed by atoms with E-state index in [1.54, 1.807) is 0 Å². The molecule has 0 aromatic heterocycles. The number of carbonyl (C=O) groups is 2. The molecular weight excluding hydrogens is 328 g/mol. The van der Waals surface area contributed by atoms with E-state index in [-0.39, 0.29) is 17.9 Å². The minimum Gasteiger partial charge on any atom is -0.355 e. The van der Waals surface area contributed by atoms with Gasteiger partial charge in [0.05, 0.1) is 0 Å². The molecule has 0 spiro atoms. The third-order valence-electron chi connectivity index (χ3n) is 6.47. The molecule has 0 radical (unpaired) electrons. The average molecular weight is 365 g/mol. The van der Waals surface area contributed by atoms with Crippen LogP contribution in [0.4, 0.5) is 4.79 Å². The Labute approximate surface area is 158 Å². The van der Waals surface area contributed by atoms with Crippen LogP contribution in [0, 0.1) is 5.92 Å². The normalized spacial score (nSPS) is 22.8. The number of amides is 3. The molecule has 26 heavy (non-hydrogen) atoms. The van der Waals surface area contributed by atoms with Gasteiger partial charge in [0.25, 0.3) is 0 Å². The van der Waals surface area contributed by atoms with Crippen molar-refractivity contribution in [2.75, 3.05) is 46.3 Å². The van der Waals surface area contributed by atoms with E-state index in [0.29, 0.717) is 6.04 Å². The van der Waals surface area contributed by atoms with Gasteiger partial charge in [-0.2, -0.15) is 0 Å². The number of hydrogen-bond donors (Lipinski definition) is 1. The fraction of sp³-hybridized carbons (Fsp3) is 0.900. The third-order valence-corrected chi connectivity index (χ3v) is 6.47. The van der Waals surface area contributed by atoms with Crippen molar-refractivity contribution in [3.63, 3.8) is 0 Å². The second kappa shape index (κ2) is 9.58. The van der Waals surface area contributed by atoms with Gasteiger partial charge in [0.1, 0.15) is 0 Å². The van der Waals surface area contributed by atoms with Crippen molar-refractivity contribution in [2.24, 2.45) is 5.92 Å². The van der Waals surface area contributed by atoms with Gasteiger partial charge in [-0.25, -0.2) is 4.79 Å². The Morgan fingerprint density at radius 3 is 2.15 bits per heavy atom.